The topological polar surface area (TPSA) is 64.3 Å². The number of aromatic amines is 1. The molecule has 2 aliphatic rings. The van der Waals surface area contributed by atoms with E-state index in [9.17, 15) is 4.79 Å². The van der Waals surface area contributed by atoms with Gasteiger partial charge in [0.2, 0.25) is 5.91 Å². The van der Waals surface area contributed by atoms with E-state index in [1.165, 1.54) is 37.9 Å². The predicted molar refractivity (Wildman–Crippen MR) is 119 cm³/mol. The van der Waals surface area contributed by atoms with Crippen LogP contribution in [0.5, 0.6) is 0 Å². The van der Waals surface area contributed by atoms with Crippen LogP contribution in [0, 0.1) is 5.92 Å². The van der Waals surface area contributed by atoms with E-state index in [2.05, 4.69) is 55.4 Å². The van der Waals surface area contributed by atoms with Crippen LogP contribution in [0.4, 0.5) is 0 Å². The van der Waals surface area contributed by atoms with Crippen LogP contribution < -0.4 is 5.32 Å². The number of H-pyrrole nitrogens is 1. The second-order valence-corrected chi connectivity index (χ2v) is 8.80. The minimum absolute atomic E-state index is 0.176. The lowest BCUT2D eigenvalue weighted by atomic mass is 9.86. The molecule has 6 nitrogen and oxygen atoms in total. The Morgan fingerprint density at radius 3 is 2.77 bits per heavy atom. The lowest BCUT2D eigenvalue weighted by Crippen LogP contribution is -2.50. The Hall–Kier alpha value is -2.18. The molecule has 1 aromatic heterocycles. The van der Waals surface area contributed by atoms with Crippen molar-refractivity contribution in [3.63, 3.8) is 0 Å². The second kappa shape index (κ2) is 10.7. The smallest absolute Gasteiger partial charge is 0.220 e. The quantitative estimate of drug-likeness (QED) is 0.669. The molecule has 0 radical (unpaired) electrons. The van der Waals surface area contributed by atoms with Crippen LogP contribution in [0.2, 0.25) is 0 Å². The molecule has 2 atom stereocenters. The van der Waals surface area contributed by atoms with Crippen molar-refractivity contribution in [2.45, 2.75) is 51.1 Å². The maximum atomic E-state index is 12.5. The Morgan fingerprint density at radius 1 is 1.17 bits per heavy atom. The third kappa shape index (κ3) is 5.92. The van der Waals surface area contributed by atoms with Crippen molar-refractivity contribution in [3.8, 4) is 0 Å². The van der Waals surface area contributed by atoms with Gasteiger partial charge in [-0.1, -0.05) is 30.3 Å². The fourth-order valence-corrected chi connectivity index (χ4v) is 5.08. The molecule has 6 heteroatoms. The summed E-state index contributed by atoms with van der Waals surface area (Å²) in [5.41, 5.74) is 2.45. The summed E-state index contributed by atoms with van der Waals surface area (Å²) in [7, 11) is 0. The number of nitrogens with one attached hydrogen (secondary N) is 2. The molecule has 0 bridgehead atoms. The van der Waals surface area contributed by atoms with E-state index >= 15 is 0 Å². The molecule has 2 fully saturated rings. The third-order valence-corrected chi connectivity index (χ3v) is 6.65. The summed E-state index contributed by atoms with van der Waals surface area (Å²) in [5.74, 6) is 0.744. The molecule has 0 aliphatic carbocycles. The monoisotopic (exact) mass is 409 g/mol. The number of amides is 1. The first-order valence-electron chi connectivity index (χ1n) is 11.5. The van der Waals surface area contributed by atoms with Gasteiger partial charge in [0.05, 0.1) is 6.33 Å². The van der Waals surface area contributed by atoms with Gasteiger partial charge in [-0.3, -0.25) is 9.69 Å². The Balaban J connectivity index is 1.28. The highest BCUT2D eigenvalue weighted by Gasteiger charge is 2.34. The number of benzene rings is 1. The largest absolute Gasteiger partial charge is 0.356 e. The average molecular weight is 410 g/mol. The van der Waals surface area contributed by atoms with Crippen LogP contribution >= 0.6 is 0 Å². The molecule has 0 spiro atoms. The van der Waals surface area contributed by atoms with Gasteiger partial charge in [-0.25, -0.2) is 4.98 Å². The van der Waals surface area contributed by atoms with Crippen LogP contribution in [0.25, 0.3) is 0 Å². The SMILES string of the molecule is O=C(CC[C@@H]1CN(Cc2ccccc2)CC[C@@H]1N1CCCC1)NCCc1cnc[nH]1. The van der Waals surface area contributed by atoms with Crippen LogP contribution in [-0.2, 0) is 17.8 Å². The lowest BCUT2D eigenvalue weighted by Gasteiger charge is -2.43. The van der Waals surface area contributed by atoms with Gasteiger partial charge in [-0.15, -0.1) is 0 Å². The van der Waals surface area contributed by atoms with E-state index in [1.54, 1.807) is 6.33 Å². The molecule has 162 valence electrons. The molecule has 30 heavy (non-hydrogen) atoms. The van der Waals surface area contributed by atoms with Crippen molar-refractivity contribution in [1.82, 2.24) is 25.1 Å². The Kier molecular flexibility index (Phi) is 7.54. The highest BCUT2D eigenvalue weighted by atomic mass is 16.1. The molecule has 1 aromatic carbocycles. The summed E-state index contributed by atoms with van der Waals surface area (Å²) in [5, 5.41) is 3.08. The van der Waals surface area contributed by atoms with Gasteiger partial charge in [-0.2, -0.15) is 0 Å². The first kappa shape index (κ1) is 21.1. The predicted octanol–water partition coefficient (Wildman–Crippen LogP) is 2.84. The van der Waals surface area contributed by atoms with Crippen LogP contribution in [0.15, 0.2) is 42.9 Å². The highest BCUT2D eigenvalue weighted by molar-refractivity contribution is 5.75. The number of aromatic nitrogens is 2. The molecule has 3 heterocycles. The Labute approximate surface area is 180 Å². The highest BCUT2D eigenvalue weighted by Crippen LogP contribution is 2.29. The van der Waals surface area contributed by atoms with Crippen molar-refractivity contribution in [1.29, 1.82) is 0 Å². The fourth-order valence-electron chi connectivity index (χ4n) is 5.08. The van der Waals surface area contributed by atoms with Crippen molar-refractivity contribution in [2.75, 3.05) is 32.7 Å². The zero-order chi connectivity index (χ0) is 20.6. The van der Waals surface area contributed by atoms with Gasteiger partial charge in [0, 0.05) is 50.4 Å². The normalized spacial score (nSPS) is 22.9. The maximum Gasteiger partial charge on any atom is 0.220 e. The number of likely N-dealkylation sites (tertiary alicyclic amines) is 2. The number of carbonyl (C=O) groups excluding carboxylic acids is 1. The molecular weight excluding hydrogens is 374 g/mol. The van der Waals surface area contributed by atoms with Gasteiger partial charge >= 0.3 is 0 Å². The summed E-state index contributed by atoms with van der Waals surface area (Å²) in [6.07, 6.45) is 9.76. The molecule has 2 aliphatic heterocycles. The minimum Gasteiger partial charge on any atom is -0.356 e. The molecule has 2 N–H and O–H groups in total. The summed E-state index contributed by atoms with van der Waals surface area (Å²) in [4.78, 5) is 24.8. The van der Waals surface area contributed by atoms with E-state index in [4.69, 9.17) is 0 Å². The average Bonchev–Trinajstić information content (AvgIpc) is 3.48. The van der Waals surface area contributed by atoms with E-state index < -0.39 is 0 Å². The standard InChI is InChI=1S/C24H35N5O/c30-24(26-12-10-22-16-25-19-27-22)9-8-21-18-28(17-20-6-2-1-3-7-20)15-11-23(21)29-13-4-5-14-29/h1-3,6-7,16,19,21,23H,4-5,8-15,17-18H2,(H,25,27)(H,26,30)/t21-,23+/m1/s1. The van der Waals surface area contributed by atoms with Gasteiger partial charge in [0.1, 0.15) is 0 Å². The van der Waals surface area contributed by atoms with Gasteiger partial charge < -0.3 is 15.2 Å². The molecule has 2 aromatic rings. The summed E-state index contributed by atoms with van der Waals surface area (Å²) in [6.45, 7) is 6.40. The van der Waals surface area contributed by atoms with Crippen LogP contribution in [0.1, 0.15) is 43.4 Å². The van der Waals surface area contributed by atoms with Gasteiger partial charge in [0.15, 0.2) is 0 Å². The first-order chi connectivity index (χ1) is 14.8. The molecule has 0 saturated carbocycles. The molecule has 1 amide bonds. The van der Waals surface area contributed by atoms with Crippen LogP contribution in [0.3, 0.4) is 0 Å². The number of hydrogen-bond donors (Lipinski definition) is 2. The van der Waals surface area contributed by atoms with E-state index in [0.29, 0.717) is 24.9 Å². The number of rotatable bonds is 9. The maximum absolute atomic E-state index is 12.5. The number of nitrogens with zero attached hydrogens (tertiary/aromatic N) is 3. The Morgan fingerprint density at radius 2 is 2.00 bits per heavy atom. The zero-order valence-corrected chi connectivity index (χ0v) is 17.9. The van der Waals surface area contributed by atoms with Crippen molar-refractivity contribution in [2.24, 2.45) is 5.92 Å². The fraction of sp³-hybridized carbons (Fsp3) is 0.583. The number of piperidine rings is 1. The zero-order valence-electron chi connectivity index (χ0n) is 17.9. The van der Waals surface area contributed by atoms with Crippen molar-refractivity contribution < 1.29 is 4.79 Å². The molecule has 4 rings (SSSR count). The number of hydrogen-bond acceptors (Lipinski definition) is 4. The van der Waals surface area contributed by atoms with E-state index in [1.807, 2.05) is 6.20 Å². The molecular formula is C24H35N5O. The minimum atomic E-state index is 0.176. The van der Waals surface area contributed by atoms with Crippen molar-refractivity contribution >= 4 is 5.91 Å². The summed E-state index contributed by atoms with van der Waals surface area (Å²) in [6, 6.07) is 11.4. The van der Waals surface area contributed by atoms with E-state index in [-0.39, 0.29) is 5.91 Å². The third-order valence-electron chi connectivity index (χ3n) is 6.65. The van der Waals surface area contributed by atoms with Gasteiger partial charge in [0.25, 0.3) is 0 Å². The van der Waals surface area contributed by atoms with Gasteiger partial charge in [-0.05, 0) is 56.8 Å². The Bertz CT molecular complexity index is 757. The second-order valence-electron chi connectivity index (χ2n) is 8.80. The number of carbonyl (C=O) groups is 1. The number of imidazole rings is 1. The van der Waals surface area contributed by atoms with Crippen molar-refractivity contribution in [3.05, 3.63) is 54.1 Å². The molecule has 0 unspecified atom stereocenters. The lowest BCUT2D eigenvalue weighted by molar-refractivity contribution is -0.121. The summed E-state index contributed by atoms with van der Waals surface area (Å²) >= 11 is 0. The first-order valence-corrected chi connectivity index (χ1v) is 11.5. The van der Waals surface area contributed by atoms with Crippen LogP contribution in [-0.4, -0.2) is 64.4 Å². The van der Waals surface area contributed by atoms with E-state index in [0.717, 1.165) is 38.2 Å². The molecule has 2 saturated heterocycles. The summed E-state index contributed by atoms with van der Waals surface area (Å²) < 4.78 is 0.